The maximum absolute atomic E-state index is 11.7. The van der Waals surface area contributed by atoms with E-state index in [9.17, 15) is 14.4 Å². The standard InChI is InChI=1S/C13H18ClN5O5/c1-19(10-4-3-9(14)17-18-10)7-12(21)24-8-11(20)16-13(22)15-5-6-23-2/h3-4H,5-8H2,1-2H3,(H2,15,16,20,22). The fourth-order valence-corrected chi connectivity index (χ4v) is 1.55. The molecule has 0 aliphatic rings. The predicted octanol–water partition coefficient (Wildman–Crippen LogP) is -0.418. The summed E-state index contributed by atoms with van der Waals surface area (Å²) < 4.78 is 9.51. The highest BCUT2D eigenvalue weighted by Gasteiger charge is 2.13. The van der Waals surface area contributed by atoms with Crippen molar-refractivity contribution in [1.82, 2.24) is 20.8 Å². The van der Waals surface area contributed by atoms with Crippen LogP contribution in [0.25, 0.3) is 0 Å². The number of ether oxygens (including phenoxy) is 2. The zero-order valence-corrected chi connectivity index (χ0v) is 14.0. The molecule has 2 N–H and O–H groups in total. The van der Waals surface area contributed by atoms with E-state index >= 15 is 0 Å². The van der Waals surface area contributed by atoms with Crippen molar-refractivity contribution in [2.75, 3.05) is 45.4 Å². The number of carbonyl (C=O) groups is 3. The molecule has 0 unspecified atom stereocenters. The minimum absolute atomic E-state index is 0.149. The van der Waals surface area contributed by atoms with Crippen LogP contribution in [0.2, 0.25) is 5.15 Å². The maximum atomic E-state index is 11.7. The third-order valence-corrected chi connectivity index (χ3v) is 2.79. The molecule has 0 aliphatic carbocycles. The second kappa shape index (κ2) is 10.3. The Bertz CT molecular complexity index is 568. The molecule has 3 amide bonds. The Morgan fingerprint density at radius 2 is 2.04 bits per heavy atom. The Hall–Kier alpha value is -2.46. The van der Waals surface area contributed by atoms with Crippen molar-refractivity contribution in [3.8, 4) is 0 Å². The first kappa shape index (κ1) is 19.6. The summed E-state index contributed by atoms with van der Waals surface area (Å²) >= 11 is 5.62. The number of anilines is 1. The second-order valence-corrected chi connectivity index (χ2v) is 4.92. The average molecular weight is 360 g/mol. The van der Waals surface area contributed by atoms with E-state index in [4.69, 9.17) is 21.1 Å². The molecule has 0 aliphatic heterocycles. The van der Waals surface area contributed by atoms with Gasteiger partial charge in [-0.15, -0.1) is 10.2 Å². The highest BCUT2D eigenvalue weighted by Crippen LogP contribution is 2.09. The second-order valence-electron chi connectivity index (χ2n) is 4.53. The Morgan fingerprint density at radius 3 is 2.67 bits per heavy atom. The average Bonchev–Trinajstić information content (AvgIpc) is 2.53. The van der Waals surface area contributed by atoms with Crippen LogP contribution >= 0.6 is 11.6 Å². The summed E-state index contributed by atoms with van der Waals surface area (Å²) in [4.78, 5) is 35.9. The van der Waals surface area contributed by atoms with Gasteiger partial charge in [-0.05, 0) is 12.1 Å². The number of hydrogen-bond donors (Lipinski definition) is 2. The first-order chi connectivity index (χ1) is 11.4. The number of likely N-dealkylation sites (N-methyl/N-ethyl adjacent to an activating group) is 1. The Morgan fingerprint density at radius 1 is 1.29 bits per heavy atom. The van der Waals surface area contributed by atoms with Gasteiger partial charge in [0.15, 0.2) is 17.6 Å². The lowest BCUT2D eigenvalue weighted by atomic mass is 10.4. The van der Waals surface area contributed by atoms with Gasteiger partial charge in [-0.3, -0.25) is 14.9 Å². The number of urea groups is 1. The molecule has 1 heterocycles. The molecule has 0 fully saturated rings. The third kappa shape index (κ3) is 7.70. The number of rotatable bonds is 8. The van der Waals surface area contributed by atoms with Gasteiger partial charge in [0.1, 0.15) is 6.54 Å². The molecular weight excluding hydrogens is 342 g/mol. The van der Waals surface area contributed by atoms with Crippen molar-refractivity contribution in [2.45, 2.75) is 0 Å². The monoisotopic (exact) mass is 359 g/mol. The van der Waals surface area contributed by atoms with Crippen molar-refractivity contribution in [3.05, 3.63) is 17.3 Å². The van der Waals surface area contributed by atoms with Gasteiger partial charge in [-0.2, -0.15) is 0 Å². The first-order valence-electron chi connectivity index (χ1n) is 6.85. The molecule has 0 saturated heterocycles. The highest BCUT2D eigenvalue weighted by molar-refractivity contribution is 6.29. The smallest absolute Gasteiger partial charge is 0.326 e. The van der Waals surface area contributed by atoms with Crippen LogP contribution in [0.5, 0.6) is 0 Å². The van der Waals surface area contributed by atoms with Gasteiger partial charge in [-0.1, -0.05) is 11.6 Å². The van der Waals surface area contributed by atoms with E-state index in [1.54, 1.807) is 13.1 Å². The van der Waals surface area contributed by atoms with Crippen molar-refractivity contribution in [3.63, 3.8) is 0 Å². The molecule has 0 spiro atoms. The van der Waals surface area contributed by atoms with E-state index in [0.717, 1.165) is 0 Å². The van der Waals surface area contributed by atoms with Gasteiger partial charge < -0.3 is 19.7 Å². The highest BCUT2D eigenvalue weighted by atomic mass is 35.5. The summed E-state index contributed by atoms with van der Waals surface area (Å²) in [5.74, 6) is -0.991. The van der Waals surface area contributed by atoms with E-state index in [1.165, 1.54) is 18.1 Å². The minimum Gasteiger partial charge on any atom is -0.454 e. The summed E-state index contributed by atoms with van der Waals surface area (Å²) in [6.07, 6.45) is 0. The molecule has 0 atom stereocenters. The zero-order chi connectivity index (χ0) is 17.9. The normalized spacial score (nSPS) is 9.96. The molecule has 0 aromatic carbocycles. The minimum atomic E-state index is -0.743. The summed E-state index contributed by atoms with van der Waals surface area (Å²) in [6, 6.07) is 2.42. The third-order valence-electron chi connectivity index (χ3n) is 2.58. The Labute approximate surface area is 143 Å². The molecule has 0 radical (unpaired) electrons. The fourth-order valence-electron chi connectivity index (χ4n) is 1.45. The number of methoxy groups -OCH3 is 1. The summed E-state index contributed by atoms with van der Waals surface area (Å²) in [5.41, 5.74) is 0. The maximum Gasteiger partial charge on any atom is 0.326 e. The van der Waals surface area contributed by atoms with E-state index in [2.05, 4.69) is 15.5 Å². The van der Waals surface area contributed by atoms with Crippen LogP contribution < -0.4 is 15.5 Å². The van der Waals surface area contributed by atoms with Crippen LogP contribution in [0.4, 0.5) is 10.6 Å². The number of halogens is 1. The van der Waals surface area contributed by atoms with Crippen LogP contribution in [-0.2, 0) is 19.1 Å². The van der Waals surface area contributed by atoms with Gasteiger partial charge >= 0.3 is 12.0 Å². The van der Waals surface area contributed by atoms with Gasteiger partial charge in [0.25, 0.3) is 5.91 Å². The van der Waals surface area contributed by atoms with Gasteiger partial charge in [-0.25, -0.2) is 4.79 Å². The summed E-state index contributed by atoms with van der Waals surface area (Å²) in [5, 5.41) is 12.1. The lowest BCUT2D eigenvalue weighted by Gasteiger charge is -2.16. The van der Waals surface area contributed by atoms with Crippen molar-refractivity contribution in [2.24, 2.45) is 0 Å². The van der Waals surface area contributed by atoms with Crippen LogP contribution in [0.1, 0.15) is 0 Å². The van der Waals surface area contributed by atoms with Gasteiger partial charge in [0.2, 0.25) is 0 Å². The van der Waals surface area contributed by atoms with Crippen molar-refractivity contribution < 1.29 is 23.9 Å². The number of nitrogens with zero attached hydrogens (tertiary/aromatic N) is 3. The topological polar surface area (TPSA) is 123 Å². The molecular formula is C13H18ClN5O5. The summed E-state index contributed by atoms with van der Waals surface area (Å²) in [6.45, 7) is -0.154. The first-order valence-corrected chi connectivity index (χ1v) is 7.22. The molecule has 1 aromatic heterocycles. The van der Waals surface area contributed by atoms with Crippen LogP contribution in [0.15, 0.2) is 12.1 Å². The molecule has 1 aromatic rings. The fraction of sp³-hybridized carbons (Fsp3) is 0.462. The van der Waals surface area contributed by atoms with Gasteiger partial charge in [0, 0.05) is 20.7 Å². The number of nitrogens with one attached hydrogen (secondary N) is 2. The molecule has 0 saturated carbocycles. The molecule has 0 bridgehead atoms. The van der Waals surface area contributed by atoms with Gasteiger partial charge in [0.05, 0.1) is 6.61 Å². The van der Waals surface area contributed by atoms with E-state index < -0.39 is 24.5 Å². The van der Waals surface area contributed by atoms with Crippen LogP contribution in [-0.4, -0.2) is 68.6 Å². The van der Waals surface area contributed by atoms with Crippen molar-refractivity contribution >= 4 is 35.3 Å². The molecule has 1 rings (SSSR count). The zero-order valence-electron chi connectivity index (χ0n) is 13.2. The summed E-state index contributed by atoms with van der Waals surface area (Å²) in [7, 11) is 3.08. The quantitative estimate of drug-likeness (QED) is 0.474. The lowest BCUT2D eigenvalue weighted by Crippen LogP contribution is -2.42. The lowest BCUT2D eigenvalue weighted by molar-refractivity contribution is -0.146. The molecule has 132 valence electrons. The number of amides is 3. The van der Waals surface area contributed by atoms with E-state index in [-0.39, 0.29) is 18.2 Å². The largest absolute Gasteiger partial charge is 0.454 e. The number of imide groups is 1. The van der Waals surface area contributed by atoms with E-state index in [0.29, 0.717) is 12.4 Å². The van der Waals surface area contributed by atoms with Crippen LogP contribution in [0, 0.1) is 0 Å². The molecule has 11 heteroatoms. The van der Waals surface area contributed by atoms with Crippen molar-refractivity contribution in [1.29, 1.82) is 0 Å². The molecule has 10 nitrogen and oxygen atoms in total. The number of carbonyl (C=O) groups excluding carboxylic acids is 3. The number of hydrogen-bond acceptors (Lipinski definition) is 8. The number of aromatic nitrogens is 2. The Balaban J connectivity index is 2.28. The van der Waals surface area contributed by atoms with Crippen LogP contribution in [0.3, 0.4) is 0 Å². The number of esters is 1. The predicted molar refractivity (Wildman–Crippen MR) is 84.7 cm³/mol. The molecule has 24 heavy (non-hydrogen) atoms. The SMILES string of the molecule is COCCNC(=O)NC(=O)COC(=O)CN(C)c1ccc(Cl)nn1. The Kier molecular flexibility index (Phi) is 8.44. The van der Waals surface area contributed by atoms with E-state index in [1.807, 2.05) is 5.32 Å².